The SMILES string of the molecule is CCNC(=NCc1ncc(CC)s1)NC1CCC(CC)CC1. The highest BCUT2D eigenvalue weighted by molar-refractivity contribution is 7.11. The van der Waals surface area contributed by atoms with Crippen molar-refractivity contribution in [3.8, 4) is 0 Å². The average Bonchev–Trinajstić information content (AvgIpc) is 3.01. The summed E-state index contributed by atoms with van der Waals surface area (Å²) in [5.41, 5.74) is 0. The Balaban J connectivity index is 1.87. The average molecular weight is 323 g/mol. The second-order valence-electron chi connectivity index (χ2n) is 6.04. The maximum atomic E-state index is 4.71. The number of aryl methyl sites for hydroxylation is 1. The van der Waals surface area contributed by atoms with Crippen molar-refractivity contribution < 1.29 is 0 Å². The molecule has 2 rings (SSSR count). The van der Waals surface area contributed by atoms with Crippen LogP contribution in [0.1, 0.15) is 62.8 Å². The summed E-state index contributed by atoms with van der Waals surface area (Å²) >= 11 is 1.77. The van der Waals surface area contributed by atoms with Crippen LogP contribution in [0.25, 0.3) is 0 Å². The second kappa shape index (κ2) is 9.13. The van der Waals surface area contributed by atoms with E-state index < -0.39 is 0 Å². The van der Waals surface area contributed by atoms with Gasteiger partial charge in [0.2, 0.25) is 0 Å². The number of guanidine groups is 1. The molecule has 1 saturated carbocycles. The molecule has 1 heterocycles. The summed E-state index contributed by atoms with van der Waals surface area (Å²) in [5.74, 6) is 1.87. The molecule has 0 amide bonds. The second-order valence-corrected chi connectivity index (χ2v) is 7.24. The molecule has 0 aromatic carbocycles. The van der Waals surface area contributed by atoms with Gasteiger partial charge in [-0.1, -0.05) is 20.3 Å². The number of rotatable bonds is 6. The smallest absolute Gasteiger partial charge is 0.191 e. The summed E-state index contributed by atoms with van der Waals surface area (Å²) in [7, 11) is 0. The maximum absolute atomic E-state index is 4.71. The molecule has 2 N–H and O–H groups in total. The summed E-state index contributed by atoms with van der Waals surface area (Å²) in [6.07, 6.45) is 9.58. The van der Waals surface area contributed by atoms with Gasteiger partial charge in [-0.25, -0.2) is 9.98 Å². The summed E-state index contributed by atoms with van der Waals surface area (Å²) in [5, 5.41) is 8.07. The molecule has 1 aromatic heterocycles. The van der Waals surface area contributed by atoms with E-state index in [1.165, 1.54) is 37.0 Å². The molecule has 1 fully saturated rings. The molecular formula is C17H30N4S. The van der Waals surface area contributed by atoms with Crippen molar-refractivity contribution >= 4 is 17.3 Å². The van der Waals surface area contributed by atoms with Gasteiger partial charge in [-0.15, -0.1) is 11.3 Å². The number of hydrogen-bond acceptors (Lipinski definition) is 3. The van der Waals surface area contributed by atoms with Crippen LogP contribution < -0.4 is 10.6 Å². The Labute approximate surface area is 138 Å². The van der Waals surface area contributed by atoms with Crippen molar-refractivity contribution in [1.82, 2.24) is 15.6 Å². The number of aromatic nitrogens is 1. The lowest BCUT2D eigenvalue weighted by molar-refractivity contribution is 0.304. The van der Waals surface area contributed by atoms with Crippen LogP contribution in [0.15, 0.2) is 11.2 Å². The molecule has 0 spiro atoms. The highest BCUT2D eigenvalue weighted by Gasteiger charge is 2.20. The molecule has 0 radical (unpaired) electrons. The predicted octanol–water partition coefficient (Wildman–Crippen LogP) is 3.73. The Kier molecular flexibility index (Phi) is 7.16. The van der Waals surface area contributed by atoms with Gasteiger partial charge >= 0.3 is 0 Å². The van der Waals surface area contributed by atoms with E-state index in [1.54, 1.807) is 11.3 Å². The minimum absolute atomic E-state index is 0.572. The van der Waals surface area contributed by atoms with E-state index in [9.17, 15) is 0 Å². The first-order chi connectivity index (χ1) is 10.7. The molecule has 0 aliphatic heterocycles. The van der Waals surface area contributed by atoms with Crippen LogP contribution in [-0.2, 0) is 13.0 Å². The van der Waals surface area contributed by atoms with Gasteiger partial charge in [0, 0.05) is 23.7 Å². The minimum atomic E-state index is 0.572. The monoisotopic (exact) mass is 322 g/mol. The lowest BCUT2D eigenvalue weighted by atomic mass is 9.84. The van der Waals surface area contributed by atoms with Crippen LogP contribution in [-0.4, -0.2) is 23.5 Å². The fourth-order valence-corrected chi connectivity index (χ4v) is 3.75. The van der Waals surface area contributed by atoms with E-state index in [-0.39, 0.29) is 0 Å². The zero-order valence-electron chi connectivity index (χ0n) is 14.2. The minimum Gasteiger partial charge on any atom is -0.357 e. The molecule has 0 unspecified atom stereocenters. The topological polar surface area (TPSA) is 49.3 Å². The van der Waals surface area contributed by atoms with E-state index in [0.29, 0.717) is 12.6 Å². The quantitative estimate of drug-likeness (QED) is 0.620. The molecule has 124 valence electrons. The van der Waals surface area contributed by atoms with Gasteiger partial charge in [0.25, 0.3) is 0 Å². The Hall–Kier alpha value is -1.10. The number of aliphatic imine (C=N–C) groups is 1. The van der Waals surface area contributed by atoms with Gasteiger partial charge in [0.1, 0.15) is 5.01 Å². The van der Waals surface area contributed by atoms with Gasteiger partial charge in [0.05, 0.1) is 6.54 Å². The van der Waals surface area contributed by atoms with Crippen LogP contribution in [0.3, 0.4) is 0 Å². The van der Waals surface area contributed by atoms with Crippen LogP contribution in [0.4, 0.5) is 0 Å². The van der Waals surface area contributed by atoms with Gasteiger partial charge in [-0.05, 0) is 44.9 Å². The maximum Gasteiger partial charge on any atom is 0.191 e. The normalized spacial score (nSPS) is 22.6. The molecule has 1 aliphatic carbocycles. The molecule has 1 aliphatic rings. The Bertz CT molecular complexity index is 461. The molecule has 1 aromatic rings. The zero-order chi connectivity index (χ0) is 15.8. The first kappa shape index (κ1) is 17.3. The van der Waals surface area contributed by atoms with Gasteiger partial charge < -0.3 is 10.6 Å². The Morgan fingerprint density at radius 1 is 1.27 bits per heavy atom. The first-order valence-electron chi connectivity index (χ1n) is 8.73. The molecule has 22 heavy (non-hydrogen) atoms. The largest absolute Gasteiger partial charge is 0.357 e. The highest BCUT2D eigenvalue weighted by Crippen LogP contribution is 2.26. The standard InChI is InChI=1S/C17H30N4S/c1-4-13-7-9-14(10-8-13)21-17(18-6-3)20-12-16-19-11-15(5-2)22-16/h11,13-14H,4-10,12H2,1-3H3,(H2,18,20,21). The van der Waals surface area contributed by atoms with Crippen molar-refractivity contribution in [2.24, 2.45) is 10.9 Å². The Morgan fingerprint density at radius 2 is 2.05 bits per heavy atom. The summed E-state index contributed by atoms with van der Waals surface area (Å²) in [4.78, 5) is 10.5. The molecule has 0 bridgehead atoms. The predicted molar refractivity (Wildman–Crippen MR) is 95.5 cm³/mol. The van der Waals surface area contributed by atoms with Gasteiger partial charge in [0.15, 0.2) is 5.96 Å². The first-order valence-corrected chi connectivity index (χ1v) is 9.55. The summed E-state index contributed by atoms with van der Waals surface area (Å²) < 4.78 is 0. The van der Waals surface area contributed by atoms with E-state index in [4.69, 9.17) is 4.99 Å². The number of thiazole rings is 1. The van der Waals surface area contributed by atoms with Crippen LogP contribution in [0.5, 0.6) is 0 Å². The third-order valence-corrected chi connectivity index (χ3v) is 5.56. The van der Waals surface area contributed by atoms with Crippen molar-refractivity contribution in [2.45, 2.75) is 71.9 Å². The van der Waals surface area contributed by atoms with Crippen molar-refractivity contribution in [3.63, 3.8) is 0 Å². The van der Waals surface area contributed by atoms with Gasteiger partial charge in [-0.3, -0.25) is 0 Å². The molecule has 0 atom stereocenters. The summed E-state index contributed by atoms with van der Waals surface area (Å²) in [6, 6.07) is 0.572. The lowest BCUT2D eigenvalue weighted by Gasteiger charge is -2.29. The Morgan fingerprint density at radius 3 is 2.64 bits per heavy atom. The molecular weight excluding hydrogens is 292 g/mol. The van der Waals surface area contributed by atoms with E-state index in [1.807, 2.05) is 6.20 Å². The fourth-order valence-electron chi connectivity index (χ4n) is 2.96. The van der Waals surface area contributed by atoms with E-state index >= 15 is 0 Å². The highest BCUT2D eigenvalue weighted by atomic mass is 32.1. The van der Waals surface area contributed by atoms with Gasteiger partial charge in [-0.2, -0.15) is 0 Å². The molecule has 5 heteroatoms. The van der Waals surface area contributed by atoms with Crippen LogP contribution >= 0.6 is 11.3 Å². The third-order valence-electron chi connectivity index (χ3n) is 4.43. The molecule has 0 saturated heterocycles. The number of nitrogens with zero attached hydrogens (tertiary/aromatic N) is 2. The third kappa shape index (κ3) is 5.27. The zero-order valence-corrected chi connectivity index (χ0v) is 15.0. The van der Waals surface area contributed by atoms with Crippen molar-refractivity contribution in [3.05, 3.63) is 16.1 Å². The number of nitrogens with one attached hydrogen (secondary N) is 2. The van der Waals surface area contributed by atoms with Crippen molar-refractivity contribution in [2.75, 3.05) is 6.54 Å². The van der Waals surface area contributed by atoms with Crippen LogP contribution in [0.2, 0.25) is 0 Å². The summed E-state index contributed by atoms with van der Waals surface area (Å²) in [6.45, 7) is 8.16. The molecule has 4 nitrogen and oxygen atoms in total. The van der Waals surface area contributed by atoms with E-state index in [0.717, 1.165) is 29.9 Å². The fraction of sp³-hybridized carbons (Fsp3) is 0.765. The van der Waals surface area contributed by atoms with Crippen LogP contribution in [0, 0.1) is 5.92 Å². The van der Waals surface area contributed by atoms with E-state index in [2.05, 4.69) is 36.4 Å². The van der Waals surface area contributed by atoms with Crippen molar-refractivity contribution in [1.29, 1.82) is 0 Å². The number of hydrogen-bond donors (Lipinski definition) is 2. The lowest BCUT2D eigenvalue weighted by Crippen LogP contribution is -2.44.